The highest BCUT2D eigenvalue weighted by molar-refractivity contribution is 5.88. The maximum absolute atomic E-state index is 11.1. The predicted octanol–water partition coefficient (Wildman–Crippen LogP) is 2.31. The number of carboxylic acids is 1. The van der Waals surface area contributed by atoms with Gasteiger partial charge in [0.2, 0.25) is 0 Å². The lowest BCUT2D eigenvalue weighted by molar-refractivity contribution is 0.0696. The summed E-state index contributed by atoms with van der Waals surface area (Å²) in [5.41, 5.74) is 2.57. The molecule has 0 aromatic carbocycles. The molecule has 1 unspecified atom stereocenters. The number of aromatic carboxylic acids is 1. The number of aryl methyl sites for hydroxylation is 1. The third-order valence-corrected chi connectivity index (χ3v) is 4.00. The van der Waals surface area contributed by atoms with E-state index in [1.54, 1.807) is 12.3 Å². The molecule has 1 N–H and O–H groups in total. The number of carboxylic acid groups (broad SMARTS) is 1. The van der Waals surface area contributed by atoms with Crippen molar-refractivity contribution < 1.29 is 9.90 Å². The van der Waals surface area contributed by atoms with Gasteiger partial charge in [-0.2, -0.15) is 0 Å². The fourth-order valence-corrected chi connectivity index (χ4v) is 2.89. The van der Waals surface area contributed by atoms with Gasteiger partial charge in [-0.3, -0.25) is 9.88 Å². The van der Waals surface area contributed by atoms with E-state index in [0.29, 0.717) is 17.4 Å². The molecule has 2 aromatic rings. The maximum atomic E-state index is 11.1. The first-order valence-electron chi connectivity index (χ1n) is 7.29. The summed E-state index contributed by atoms with van der Waals surface area (Å²) < 4.78 is 0. The fourth-order valence-electron chi connectivity index (χ4n) is 2.89. The summed E-state index contributed by atoms with van der Waals surface area (Å²) in [7, 11) is 2.10. The van der Waals surface area contributed by atoms with Crippen LogP contribution >= 0.6 is 0 Å². The Balaban J connectivity index is 2.02. The third kappa shape index (κ3) is 2.82. The number of likely N-dealkylation sites (tertiary alicyclic amines) is 1. The van der Waals surface area contributed by atoms with Crippen molar-refractivity contribution in [3.05, 3.63) is 41.6 Å². The molecule has 1 atom stereocenters. The van der Waals surface area contributed by atoms with Crippen molar-refractivity contribution in [2.45, 2.75) is 25.8 Å². The Morgan fingerprint density at radius 2 is 2.14 bits per heavy atom. The van der Waals surface area contributed by atoms with Gasteiger partial charge in [0.25, 0.3) is 0 Å². The molecule has 6 heteroatoms. The summed E-state index contributed by atoms with van der Waals surface area (Å²) in [6.45, 7) is 2.93. The number of pyridine rings is 1. The summed E-state index contributed by atoms with van der Waals surface area (Å²) in [5, 5.41) is 9.09. The Hall–Kier alpha value is -2.34. The van der Waals surface area contributed by atoms with Crippen LogP contribution in [0.1, 0.15) is 40.8 Å². The van der Waals surface area contributed by atoms with Crippen molar-refractivity contribution >= 4 is 5.97 Å². The van der Waals surface area contributed by atoms with Gasteiger partial charge in [-0.05, 0) is 45.5 Å². The van der Waals surface area contributed by atoms with E-state index in [0.717, 1.165) is 30.8 Å². The van der Waals surface area contributed by atoms with Crippen LogP contribution in [0.2, 0.25) is 0 Å². The molecule has 3 rings (SSSR count). The third-order valence-electron chi connectivity index (χ3n) is 4.00. The quantitative estimate of drug-likeness (QED) is 0.936. The number of aromatic nitrogens is 3. The van der Waals surface area contributed by atoms with Crippen LogP contribution in [0, 0.1) is 6.92 Å². The van der Waals surface area contributed by atoms with Gasteiger partial charge >= 0.3 is 5.97 Å². The molecule has 0 amide bonds. The molecule has 114 valence electrons. The maximum Gasteiger partial charge on any atom is 0.337 e. The average molecular weight is 298 g/mol. The van der Waals surface area contributed by atoms with Crippen LogP contribution in [0.5, 0.6) is 0 Å². The van der Waals surface area contributed by atoms with Crippen LogP contribution in [-0.2, 0) is 0 Å². The van der Waals surface area contributed by atoms with E-state index in [2.05, 4.69) is 26.9 Å². The van der Waals surface area contributed by atoms with Gasteiger partial charge in [-0.1, -0.05) is 0 Å². The highest BCUT2D eigenvalue weighted by atomic mass is 16.4. The summed E-state index contributed by atoms with van der Waals surface area (Å²) in [4.78, 5) is 26.4. The molecular weight excluding hydrogens is 280 g/mol. The van der Waals surface area contributed by atoms with Crippen molar-refractivity contribution in [3.63, 3.8) is 0 Å². The van der Waals surface area contributed by atoms with Crippen molar-refractivity contribution in [1.29, 1.82) is 0 Å². The van der Waals surface area contributed by atoms with Crippen molar-refractivity contribution in [2.75, 3.05) is 13.6 Å². The lowest BCUT2D eigenvalue weighted by Gasteiger charge is -2.19. The molecule has 1 fully saturated rings. The van der Waals surface area contributed by atoms with E-state index in [1.165, 1.54) is 6.20 Å². The second kappa shape index (κ2) is 5.81. The minimum Gasteiger partial charge on any atom is -0.478 e. The van der Waals surface area contributed by atoms with Gasteiger partial charge in [0, 0.05) is 18.0 Å². The number of rotatable bonds is 3. The number of hydrogen-bond acceptors (Lipinski definition) is 5. The molecule has 0 radical (unpaired) electrons. The topological polar surface area (TPSA) is 79.2 Å². The first-order valence-corrected chi connectivity index (χ1v) is 7.29. The number of nitrogens with zero attached hydrogens (tertiary/aromatic N) is 4. The Morgan fingerprint density at radius 3 is 2.82 bits per heavy atom. The summed E-state index contributed by atoms with van der Waals surface area (Å²) >= 11 is 0. The van der Waals surface area contributed by atoms with Gasteiger partial charge in [0.1, 0.15) is 5.82 Å². The lowest BCUT2D eigenvalue weighted by atomic mass is 10.1. The van der Waals surface area contributed by atoms with Crippen LogP contribution in [-0.4, -0.2) is 44.5 Å². The van der Waals surface area contributed by atoms with E-state index in [4.69, 9.17) is 5.11 Å². The highest BCUT2D eigenvalue weighted by Crippen LogP contribution is 2.31. The molecule has 1 saturated heterocycles. The van der Waals surface area contributed by atoms with Crippen molar-refractivity contribution in [1.82, 2.24) is 19.9 Å². The second-order valence-electron chi connectivity index (χ2n) is 5.63. The van der Waals surface area contributed by atoms with Crippen molar-refractivity contribution in [3.8, 4) is 11.3 Å². The molecule has 22 heavy (non-hydrogen) atoms. The van der Waals surface area contributed by atoms with E-state index in [9.17, 15) is 4.79 Å². The van der Waals surface area contributed by atoms with E-state index in [1.807, 2.05) is 13.0 Å². The molecule has 0 aliphatic carbocycles. The Morgan fingerprint density at radius 1 is 1.32 bits per heavy atom. The first kappa shape index (κ1) is 14.6. The molecule has 0 spiro atoms. The predicted molar refractivity (Wildman–Crippen MR) is 81.6 cm³/mol. The van der Waals surface area contributed by atoms with Crippen LogP contribution in [0.25, 0.3) is 11.3 Å². The van der Waals surface area contributed by atoms with Gasteiger partial charge < -0.3 is 5.11 Å². The van der Waals surface area contributed by atoms with Crippen LogP contribution in [0.15, 0.2) is 24.5 Å². The van der Waals surface area contributed by atoms with Gasteiger partial charge in [-0.25, -0.2) is 14.8 Å². The number of hydrogen-bond donors (Lipinski definition) is 1. The smallest absolute Gasteiger partial charge is 0.337 e. The molecule has 6 nitrogen and oxygen atoms in total. The van der Waals surface area contributed by atoms with Crippen LogP contribution < -0.4 is 0 Å². The Labute approximate surface area is 128 Å². The largest absolute Gasteiger partial charge is 0.478 e. The zero-order valence-corrected chi connectivity index (χ0v) is 12.7. The van der Waals surface area contributed by atoms with Gasteiger partial charge in [0.05, 0.1) is 23.0 Å². The molecule has 1 aliphatic rings. The van der Waals surface area contributed by atoms with E-state index < -0.39 is 5.97 Å². The lowest BCUT2D eigenvalue weighted by Crippen LogP contribution is -2.19. The number of carbonyl (C=O) groups is 1. The van der Waals surface area contributed by atoms with Crippen LogP contribution in [0.4, 0.5) is 0 Å². The van der Waals surface area contributed by atoms with E-state index >= 15 is 0 Å². The molecule has 0 bridgehead atoms. The summed E-state index contributed by atoms with van der Waals surface area (Å²) in [6, 6.07) is 3.84. The minimum absolute atomic E-state index is 0.160. The minimum atomic E-state index is -0.990. The van der Waals surface area contributed by atoms with E-state index in [-0.39, 0.29) is 5.56 Å². The average Bonchev–Trinajstić information content (AvgIpc) is 2.93. The molecular formula is C16H18N4O2. The Kier molecular flexibility index (Phi) is 3.85. The summed E-state index contributed by atoms with van der Waals surface area (Å²) in [5.74, 6) is -0.301. The monoisotopic (exact) mass is 298 g/mol. The standard InChI is InChI=1S/C16H18N4O2/c1-10-18-13(11-6-12(16(21)22)9-17-8-11)7-14(19-10)15-4-3-5-20(15)2/h6-9,15H,3-5H2,1-2H3,(H,21,22). The molecule has 0 saturated carbocycles. The first-order chi connectivity index (χ1) is 10.5. The van der Waals surface area contributed by atoms with Gasteiger partial charge in [0.15, 0.2) is 0 Å². The molecule has 3 heterocycles. The fraction of sp³-hybridized carbons (Fsp3) is 0.375. The highest BCUT2D eigenvalue weighted by Gasteiger charge is 2.24. The van der Waals surface area contributed by atoms with Crippen LogP contribution in [0.3, 0.4) is 0 Å². The normalized spacial score (nSPS) is 18.5. The molecule has 1 aliphatic heterocycles. The molecule has 2 aromatic heterocycles. The summed E-state index contributed by atoms with van der Waals surface area (Å²) in [6.07, 6.45) is 5.22. The second-order valence-corrected chi connectivity index (χ2v) is 5.63. The SMILES string of the molecule is Cc1nc(-c2cncc(C(=O)O)c2)cc(C2CCCN2C)n1. The zero-order chi connectivity index (χ0) is 15.7. The van der Waals surface area contributed by atoms with Gasteiger partial charge in [-0.15, -0.1) is 0 Å². The Bertz CT molecular complexity index is 717. The zero-order valence-electron chi connectivity index (χ0n) is 12.7. The van der Waals surface area contributed by atoms with Crippen molar-refractivity contribution in [2.24, 2.45) is 0 Å².